The normalized spacial score (nSPS) is 10.8. The number of aryl methyl sites for hydroxylation is 1. The summed E-state index contributed by atoms with van der Waals surface area (Å²) in [7, 11) is 0. The second-order valence-corrected chi connectivity index (χ2v) is 2.80. The van der Waals surface area contributed by atoms with E-state index >= 15 is 0 Å². The van der Waals surface area contributed by atoms with Crippen LogP contribution in [0.4, 0.5) is 8.78 Å². The highest BCUT2D eigenvalue weighted by Crippen LogP contribution is 2.13. The molecule has 2 rings (SSSR count). The van der Waals surface area contributed by atoms with E-state index < -0.39 is 17.3 Å². The summed E-state index contributed by atoms with van der Waals surface area (Å²) in [4.78, 5) is 14.9. The van der Waals surface area contributed by atoms with Crippen molar-refractivity contribution in [2.75, 3.05) is 0 Å². The number of benzene rings is 1. The highest BCUT2D eigenvalue weighted by molar-refractivity contribution is 5.76. The minimum atomic E-state index is -1.09. The Balaban J connectivity index is 2.96. The van der Waals surface area contributed by atoms with E-state index in [1.807, 2.05) is 0 Å². The van der Waals surface area contributed by atoms with Crippen LogP contribution in [0.5, 0.6) is 0 Å². The first kappa shape index (κ1) is 8.80. The van der Waals surface area contributed by atoms with Crippen LogP contribution in [0.25, 0.3) is 10.9 Å². The van der Waals surface area contributed by atoms with Crippen LogP contribution < -0.4 is 5.63 Å². The third kappa shape index (κ3) is 1.26. The van der Waals surface area contributed by atoms with Gasteiger partial charge in [0.1, 0.15) is 0 Å². The van der Waals surface area contributed by atoms with Crippen molar-refractivity contribution in [3.63, 3.8) is 0 Å². The minimum Gasteiger partial charge on any atom is -0.408 e. The molecule has 0 unspecified atom stereocenters. The van der Waals surface area contributed by atoms with Gasteiger partial charge in [-0.05, 0) is 6.07 Å². The lowest BCUT2D eigenvalue weighted by atomic mass is 10.2. The standard InChI is InChI=1S/C9H5F2NO2/c1-4-12-8-3-7(11)6(10)2-5(8)9(13)14-4/h2-3H,1H3. The molecule has 0 aliphatic rings. The molecule has 0 N–H and O–H groups in total. The van der Waals surface area contributed by atoms with Crippen molar-refractivity contribution in [2.45, 2.75) is 6.92 Å². The number of hydrogen-bond donors (Lipinski definition) is 0. The van der Waals surface area contributed by atoms with Gasteiger partial charge in [0.25, 0.3) is 0 Å². The molecule has 3 nitrogen and oxygen atoms in total. The Morgan fingerprint density at radius 1 is 1.29 bits per heavy atom. The van der Waals surface area contributed by atoms with Crippen molar-refractivity contribution in [1.82, 2.24) is 4.98 Å². The minimum absolute atomic E-state index is 0.0606. The molecule has 0 atom stereocenters. The lowest BCUT2D eigenvalue weighted by molar-refractivity contribution is 0.464. The Morgan fingerprint density at radius 2 is 1.93 bits per heavy atom. The second kappa shape index (κ2) is 2.87. The predicted molar refractivity (Wildman–Crippen MR) is 44.9 cm³/mol. The SMILES string of the molecule is Cc1nc2cc(F)c(F)cc2c(=O)o1. The molecule has 0 saturated carbocycles. The fraction of sp³-hybridized carbons (Fsp3) is 0.111. The number of hydrogen-bond acceptors (Lipinski definition) is 3. The van der Waals surface area contributed by atoms with Crippen molar-refractivity contribution < 1.29 is 13.2 Å². The van der Waals surface area contributed by atoms with E-state index in [9.17, 15) is 13.6 Å². The lowest BCUT2D eigenvalue weighted by Crippen LogP contribution is -2.04. The predicted octanol–water partition coefficient (Wildman–Crippen LogP) is 1.77. The van der Waals surface area contributed by atoms with Gasteiger partial charge in [-0.2, -0.15) is 0 Å². The van der Waals surface area contributed by atoms with E-state index in [-0.39, 0.29) is 16.8 Å². The first-order chi connectivity index (χ1) is 6.58. The number of aromatic nitrogens is 1. The average Bonchev–Trinajstić information content (AvgIpc) is 2.08. The molecule has 0 radical (unpaired) electrons. The zero-order valence-electron chi connectivity index (χ0n) is 7.17. The van der Waals surface area contributed by atoms with Crippen LogP contribution >= 0.6 is 0 Å². The molecule has 0 aliphatic heterocycles. The van der Waals surface area contributed by atoms with Crippen LogP contribution in [-0.2, 0) is 0 Å². The average molecular weight is 197 g/mol. The van der Waals surface area contributed by atoms with E-state index in [0.717, 1.165) is 12.1 Å². The third-order valence-corrected chi connectivity index (χ3v) is 1.78. The first-order valence-electron chi connectivity index (χ1n) is 3.84. The van der Waals surface area contributed by atoms with E-state index in [1.165, 1.54) is 6.92 Å². The van der Waals surface area contributed by atoms with Crippen LogP contribution in [0, 0.1) is 18.6 Å². The topological polar surface area (TPSA) is 43.1 Å². The van der Waals surface area contributed by atoms with Crippen LogP contribution in [0.3, 0.4) is 0 Å². The number of halogens is 2. The molecule has 2 aromatic rings. The third-order valence-electron chi connectivity index (χ3n) is 1.78. The van der Waals surface area contributed by atoms with E-state index in [2.05, 4.69) is 9.40 Å². The van der Waals surface area contributed by atoms with Gasteiger partial charge in [-0.15, -0.1) is 0 Å². The summed E-state index contributed by atoms with van der Waals surface area (Å²) in [6.45, 7) is 1.46. The van der Waals surface area contributed by atoms with E-state index in [1.54, 1.807) is 0 Å². The molecule has 1 aromatic carbocycles. The molecule has 0 bridgehead atoms. The van der Waals surface area contributed by atoms with E-state index in [0.29, 0.717) is 0 Å². The summed E-state index contributed by atoms with van der Waals surface area (Å²) in [5.74, 6) is -2.00. The number of rotatable bonds is 0. The van der Waals surface area contributed by atoms with Gasteiger partial charge < -0.3 is 4.42 Å². The Labute approximate surface area is 77.0 Å². The highest BCUT2D eigenvalue weighted by atomic mass is 19.2. The van der Waals surface area contributed by atoms with Gasteiger partial charge in [0.2, 0.25) is 0 Å². The van der Waals surface area contributed by atoms with Crippen LogP contribution in [-0.4, -0.2) is 4.98 Å². The molecular weight excluding hydrogens is 192 g/mol. The van der Waals surface area contributed by atoms with Gasteiger partial charge in [-0.3, -0.25) is 0 Å². The molecular formula is C9H5F2NO2. The quantitative estimate of drug-likeness (QED) is 0.646. The molecule has 0 aliphatic carbocycles. The van der Waals surface area contributed by atoms with Gasteiger partial charge in [-0.1, -0.05) is 0 Å². The summed E-state index contributed by atoms with van der Waals surface area (Å²) in [5, 5.41) is -0.0606. The Morgan fingerprint density at radius 3 is 2.64 bits per heavy atom. The molecule has 72 valence electrons. The van der Waals surface area contributed by atoms with Crippen molar-refractivity contribution in [3.05, 3.63) is 40.1 Å². The first-order valence-corrected chi connectivity index (χ1v) is 3.84. The largest absolute Gasteiger partial charge is 0.408 e. The summed E-state index contributed by atoms with van der Waals surface area (Å²) in [5.41, 5.74) is -0.621. The summed E-state index contributed by atoms with van der Waals surface area (Å²) in [6, 6.07) is 1.65. The van der Waals surface area contributed by atoms with Crippen molar-refractivity contribution in [2.24, 2.45) is 0 Å². The molecule has 0 saturated heterocycles. The van der Waals surface area contributed by atoms with Crippen molar-refractivity contribution in [1.29, 1.82) is 0 Å². The van der Waals surface area contributed by atoms with Gasteiger partial charge >= 0.3 is 5.63 Å². The monoisotopic (exact) mass is 197 g/mol. The lowest BCUT2D eigenvalue weighted by Gasteiger charge is -1.97. The van der Waals surface area contributed by atoms with Gasteiger partial charge in [-0.25, -0.2) is 18.6 Å². The van der Waals surface area contributed by atoms with Crippen molar-refractivity contribution >= 4 is 10.9 Å². The molecule has 1 aromatic heterocycles. The maximum atomic E-state index is 12.8. The van der Waals surface area contributed by atoms with Crippen LogP contribution in [0.1, 0.15) is 5.89 Å². The Hall–Kier alpha value is -1.78. The fourth-order valence-electron chi connectivity index (χ4n) is 1.17. The Kier molecular flexibility index (Phi) is 1.80. The maximum Gasteiger partial charge on any atom is 0.346 e. The van der Waals surface area contributed by atoms with E-state index in [4.69, 9.17) is 0 Å². The zero-order valence-corrected chi connectivity index (χ0v) is 7.17. The van der Waals surface area contributed by atoms with Gasteiger partial charge in [0, 0.05) is 13.0 Å². The molecule has 0 amide bonds. The fourth-order valence-corrected chi connectivity index (χ4v) is 1.17. The van der Waals surface area contributed by atoms with Gasteiger partial charge in [0.05, 0.1) is 10.9 Å². The Bertz CT molecular complexity index is 562. The molecule has 0 fully saturated rings. The molecule has 1 heterocycles. The molecule has 5 heteroatoms. The highest BCUT2D eigenvalue weighted by Gasteiger charge is 2.09. The van der Waals surface area contributed by atoms with Crippen LogP contribution in [0.2, 0.25) is 0 Å². The second-order valence-electron chi connectivity index (χ2n) is 2.80. The summed E-state index contributed by atoms with van der Waals surface area (Å²) >= 11 is 0. The number of fused-ring (bicyclic) bond motifs is 1. The van der Waals surface area contributed by atoms with Crippen molar-refractivity contribution in [3.8, 4) is 0 Å². The maximum absolute atomic E-state index is 12.8. The molecule has 14 heavy (non-hydrogen) atoms. The van der Waals surface area contributed by atoms with Gasteiger partial charge in [0.15, 0.2) is 17.5 Å². The molecule has 0 spiro atoms. The zero-order chi connectivity index (χ0) is 10.3. The summed E-state index contributed by atoms with van der Waals surface area (Å²) < 4.78 is 30.1. The smallest absolute Gasteiger partial charge is 0.346 e. The van der Waals surface area contributed by atoms with Crippen LogP contribution in [0.15, 0.2) is 21.3 Å². The summed E-state index contributed by atoms with van der Waals surface area (Å²) in [6.07, 6.45) is 0. The number of nitrogens with zero attached hydrogens (tertiary/aromatic N) is 1.